The third kappa shape index (κ3) is 3.01. The molecule has 0 N–H and O–H groups in total. The maximum atomic E-state index is 5.78. The third-order valence-corrected chi connectivity index (χ3v) is 3.06. The van der Waals surface area contributed by atoms with Crippen LogP contribution in [0.2, 0.25) is 0 Å². The molecule has 94 valence electrons. The van der Waals surface area contributed by atoms with Gasteiger partial charge in [-0.3, -0.25) is 0 Å². The Balaban J connectivity index is 2.11. The van der Waals surface area contributed by atoms with Gasteiger partial charge in [0.15, 0.2) is 0 Å². The second-order valence-corrected chi connectivity index (χ2v) is 4.79. The number of benzene rings is 1. The van der Waals surface area contributed by atoms with Crippen molar-refractivity contribution in [3.63, 3.8) is 0 Å². The molecule has 0 aliphatic carbocycles. The van der Waals surface area contributed by atoms with E-state index < -0.39 is 0 Å². The molecule has 1 aromatic carbocycles. The van der Waals surface area contributed by atoms with Crippen LogP contribution in [0.15, 0.2) is 41.0 Å². The number of aromatic nitrogens is 1. The molecule has 0 aliphatic heterocycles. The summed E-state index contributed by atoms with van der Waals surface area (Å²) in [7, 11) is 1.61. The lowest BCUT2D eigenvalue weighted by atomic mass is 10.2. The van der Waals surface area contributed by atoms with E-state index in [1.165, 1.54) is 0 Å². The van der Waals surface area contributed by atoms with Crippen molar-refractivity contribution in [3.05, 3.63) is 52.1 Å². The maximum Gasteiger partial charge on any atom is 0.219 e. The molecule has 1 heterocycles. The normalized spacial score (nSPS) is 10.2. The molecule has 0 saturated carbocycles. The number of hydrogen-bond donors (Lipinski definition) is 0. The number of methoxy groups -OCH3 is 1. The van der Waals surface area contributed by atoms with Gasteiger partial charge in [-0.25, -0.2) is 4.98 Å². The topological polar surface area (TPSA) is 31.4 Å². The molecule has 0 amide bonds. The summed E-state index contributed by atoms with van der Waals surface area (Å²) in [5.74, 6) is 1.47. The van der Waals surface area contributed by atoms with Crippen molar-refractivity contribution in [1.29, 1.82) is 0 Å². The van der Waals surface area contributed by atoms with Crippen LogP contribution < -0.4 is 9.47 Å². The SMILES string of the molecule is COc1ncccc1COc1ccc(Br)cc1C. The number of ether oxygens (including phenoxy) is 2. The van der Waals surface area contributed by atoms with Gasteiger partial charge in [0, 0.05) is 10.7 Å². The lowest BCUT2D eigenvalue weighted by molar-refractivity contribution is 0.292. The summed E-state index contributed by atoms with van der Waals surface area (Å²) < 4.78 is 12.0. The fraction of sp³-hybridized carbons (Fsp3) is 0.214. The van der Waals surface area contributed by atoms with E-state index in [0.29, 0.717) is 12.5 Å². The monoisotopic (exact) mass is 307 g/mol. The summed E-state index contributed by atoms with van der Waals surface area (Å²) in [4.78, 5) is 4.14. The van der Waals surface area contributed by atoms with Crippen molar-refractivity contribution in [2.45, 2.75) is 13.5 Å². The van der Waals surface area contributed by atoms with Gasteiger partial charge in [0.05, 0.1) is 12.7 Å². The number of rotatable bonds is 4. The van der Waals surface area contributed by atoms with Crippen molar-refractivity contribution in [1.82, 2.24) is 4.98 Å². The first-order valence-electron chi connectivity index (χ1n) is 5.57. The van der Waals surface area contributed by atoms with Gasteiger partial charge in [-0.15, -0.1) is 0 Å². The van der Waals surface area contributed by atoms with Gasteiger partial charge in [0.2, 0.25) is 5.88 Å². The number of pyridine rings is 1. The molecule has 3 nitrogen and oxygen atoms in total. The van der Waals surface area contributed by atoms with Gasteiger partial charge in [-0.05, 0) is 42.8 Å². The van der Waals surface area contributed by atoms with Crippen LogP contribution in [0.4, 0.5) is 0 Å². The van der Waals surface area contributed by atoms with Crippen LogP contribution in [0.25, 0.3) is 0 Å². The fourth-order valence-corrected chi connectivity index (χ4v) is 2.12. The van der Waals surface area contributed by atoms with E-state index in [2.05, 4.69) is 20.9 Å². The fourth-order valence-electron chi connectivity index (χ4n) is 1.65. The van der Waals surface area contributed by atoms with E-state index in [1.54, 1.807) is 13.3 Å². The molecule has 0 saturated heterocycles. The minimum atomic E-state index is 0.444. The number of hydrogen-bond acceptors (Lipinski definition) is 3. The first-order chi connectivity index (χ1) is 8.70. The van der Waals surface area contributed by atoms with E-state index in [-0.39, 0.29) is 0 Å². The predicted molar refractivity (Wildman–Crippen MR) is 74.0 cm³/mol. The van der Waals surface area contributed by atoms with Crippen LogP contribution >= 0.6 is 15.9 Å². The van der Waals surface area contributed by atoms with Crippen LogP contribution in [-0.4, -0.2) is 12.1 Å². The van der Waals surface area contributed by atoms with Gasteiger partial charge in [0.25, 0.3) is 0 Å². The first kappa shape index (κ1) is 12.9. The van der Waals surface area contributed by atoms with E-state index in [0.717, 1.165) is 21.3 Å². The van der Waals surface area contributed by atoms with E-state index in [4.69, 9.17) is 9.47 Å². The van der Waals surface area contributed by atoms with Gasteiger partial charge in [0.1, 0.15) is 12.4 Å². The van der Waals surface area contributed by atoms with E-state index in [9.17, 15) is 0 Å². The molecule has 2 aromatic rings. The quantitative estimate of drug-likeness (QED) is 0.862. The minimum absolute atomic E-state index is 0.444. The molecule has 0 unspecified atom stereocenters. The first-order valence-corrected chi connectivity index (χ1v) is 6.37. The molecule has 1 aromatic heterocycles. The predicted octanol–water partition coefficient (Wildman–Crippen LogP) is 3.74. The Bertz CT molecular complexity index is 543. The lowest BCUT2D eigenvalue weighted by Gasteiger charge is -2.11. The molecule has 0 atom stereocenters. The molecule has 0 bridgehead atoms. The average molecular weight is 308 g/mol. The Hall–Kier alpha value is -1.55. The van der Waals surface area contributed by atoms with Crippen LogP contribution in [0.5, 0.6) is 11.6 Å². The highest BCUT2D eigenvalue weighted by Gasteiger charge is 2.05. The van der Waals surface area contributed by atoms with Crippen molar-refractivity contribution in [3.8, 4) is 11.6 Å². The summed E-state index contributed by atoms with van der Waals surface area (Å²) in [6, 6.07) is 9.75. The molecule has 0 spiro atoms. The molecule has 0 aliphatic rings. The summed E-state index contributed by atoms with van der Waals surface area (Å²) in [5.41, 5.74) is 2.02. The van der Waals surface area contributed by atoms with Gasteiger partial charge < -0.3 is 9.47 Å². The zero-order chi connectivity index (χ0) is 13.0. The highest BCUT2D eigenvalue weighted by atomic mass is 79.9. The van der Waals surface area contributed by atoms with Gasteiger partial charge in [-0.2, -0.15) is 0 Å². The number of halogens is 1. The van der Waals surface area contributed by atoms with Crippen LogP contribution in [0.1, 0.15) is 11.1 Å². The number of aryl methyl sites for hydroxylation is 1. The van der Waals surface area contributed by atoms with Crippen LogP contribution in [0, 0.1) is 6.92 Å². The smallest absolute Gasteiger partial charge is 0.219 e. The van der Waals surface area contributed by atoms with Crippen molar-refractivity contribution < 1.29 is 9.47 Å². The summed E-state index contributed by atoms with van der Waals surface area (Å²) in [6.45, 7) is 2.46. The third-order valence-electron chi connectivity index (χ3n) is 2.56. The summed E-state index contributed by atoms with van der Waals surface area (Å²) in [5, 5.41) is 0. The van der Waals surface area contributed by atoms with E-state index >= 15 is 0 Å². The zero-order valence-electron chi connectivity index (χ0n) is 10.3. The minimum Gasteiger partial charge on any atom is -0.488 e. The van der Waals surface area contributed by atoms with Crippen molar-refractivity contribution >= 4 is 15.9 Å². The maximum absolute atomic E-state index is 5.78. The average Bonchev–Trinajstić information content (AvgIpc) is 2.38. The molecule has 0 fully saturated rings. The largest absolute Gasteiger partial charge is 0.488 e. The van der Waals surface area contributed by atoms with Crippen molar-refractivity contribution in [2.75, 3.05) is 7.11 Å². The molecule has 0 radical (unpaired) electrons. The van der Waals surface area contributed by atoms with Crippen molar-refractivity contribution in [2.24, 2.45) is 0 Å². The summed E-state index contributed by atoms with van der Waals surface area (Å²) in [6.07, 6.45) is 1.70. The van der Waals surface area contributed by atoms with E-state index in [1.807, 2.05) is 37.3 Å². The Morgan fingerprint density at radius 3 is 2.83 bits per heavy atom. The second-order valence-electron chi connectivity index (χ2n) is 3.87. The van der Waals surface area contributed by atoms with Crippen LogP contribution in [0.3, 0.4) is 0 Å². The Labute approximate surface area is 115 Å². The molecule has 18 heavy (non-hydrogen) atoms. The molecular formula is C14H14BrNO2. The highest BCUT2D eigenvalue weighted by molar-refractivity contribution is 9.10. The molecule has 4 heteroatoms. The second kappa shape index (κ2) is 5.87. The van der Waals surface area contributed by atoms with Gasteiger partial charge in [-0.1, -0.05) is 15.9 Å². The molecular weight excluding hydrogens is 294 g/mol. The number of nitrogens with zero attached hydrogens (tertiary/aromatic N) is 1. The highest BCUT2D eigenvalue weighted by Crippen LogP contribution is 2.24. The summed E-state index contributed by atoms with van der Waals surface area (Å²) >= 11 is 3.43. The lowest BCUT2D eigenvalue weighted by Crippen LogP contribution is -2.01. The zero-order valence-corrected chi connectivity index (χ0v) is 11.9. The Morgan fingerprint density at radius 2 is 2.11 bits per heavy atom. The Kier molecular flexibility index (Phi) is 4.20. The van der Waals surface area contributed by atoms with Gasteiger partial charge >= 0.3 is 0 Å². The molecule has 2 rings (SSSR count). The Morgan fingerprint density at radius 1 is 1.28 bits per heavy atom. The standard InChI is InChI=1S/C14H14BrNO2/c1-10-8-12(15)5-6-13(10)18-9-11-4-3-7-16-14(11)17-2/h3-8H,9H2,1-2H3. The van der Waals surface area contributed by atoms with Crippen LogP contribution in [-0.2, 0) is 6.61 Å².